The number of halogens is 2. The van der Waals surface area contributed by atoms with Crippen molar-refractivity contribution in [2.24, 2.45) is 5.92 Å². The van der Waals surface area contributed by atoms with Gasteiger partial charge in [0, 0.05) is 30.3 Å². The Hall–Kier alpha value is -4.16. The Morgan fingerprint density at radius 3 is 2.32 bits per heavy atom. The maximum Gasteiger partial charge on any atom is 0.267 e. The Labute approximate surface area is 255 Å². The number of pyridine rings is 1. The molecule has 0 saturated carbocycles. The summed E-state index contributed by atoms with van der Waals surface area (Å²) < 4.78 is 79.2. The molecule has 9 nitrogen and oxygen atoms in total. The molecule has 0 aliphatic carbocycles. The summed E-state index contributed by atoms with van der Waals surface area (Å²) in [5.74, 6) is 0.392. The fourth-order valence-electron chi connectivity index (χ4n) is 5.12. The van der Waals surface area contributed by atoms with Crippen molar-refractivity contribution < 1.29 is 36.1 Å². The Morgan fingerprint density at radius 2 is 1.61 bits per heavy atom. The van der Waals surface area contributed by atoms with Gasteiger partial charge in [-0.25, -0.2) is 17.2 Å². The lowest BCUT2D eigenvalue weighted by atomic mass is 9.99. The van der Waals surface area contributed by atoms with Crippen molar-refractivity contribution in [1.29, 1.82) is 0 Å². The van der Waals surface area contributed by atoms with Crippen LogP contribution in [0.1, 0.15) is 26.2 Å². The summed E-state index contributed by atoms with van der Waals surface area (Å²) in [7, 11) is -1.61. The van der Waals surface area contributed by atoms with Gasteiger partial charge in [0.15, 0.2) is 27.9 Å². The minimum absolute atomic E-state index is 0.0229. The lowest BCUT2D eigenvalue weighted by Crippen LogP contribution is -2.34. The largest absolute Gasteiger partial charge is 0.493 e. The highest BCUT2D eigenvalue weighted by Gasteiger charge is 2.24. The predicted octanol–water partition coefficient (Wildman–Crippen LogP) is 6.62. The molecule has 0 atom stereocenters. The van der Waals surface area contributed by atoms with E-state index < -0.39 is 26.6 Å². The van der Waals surface area contributed by atoms with Gasteiger partial charge in [-0.2, -0.15) is 0 Å². The average Bonchev–Trinajstić information content (AvgIpc) is 3.00. The summed E-state index contributed by atoms with van der Waals surface area (Å²) >= 11 is 0. The van der Waals surface area contributed by atoms with E-state index in [0.29, 0.717) is 34.8 Å². The molecule has 2 heterocycles. The van der Waals surface area contributed by atoms with Gasteiger partial charge < -0.3 is 23.8 Å². The summed E-state index contributed by atoms with van der Waals surface area (Å²) in [5, 5.41) is 0.654. The van der Waals surface area contributed by atoms with Crippen molar-refractivity contribution in [3.05, 3.63) is 72.4 Å². The van der Waals surface area contributed by atoms with E-state index in [-0.39, 0.29) is 17.2 Å². The van der Waals surface area contributed by atoms with E-state index in [4.69, 9.17) is 18.9 Å². The zero-order valence-corrected chi connectivity index (χ0v) is 25.6. The Kier molecular flexibility index (Phi) is 9.70. The molecule has 0 amide bonds. The fraction of sp³-hybridized carbons (Fsp3) is 0.344. The first-order valence-corrected chi connectivity index (χ1v) is 15.8. The van der Waals surface area contributed by atoms with Gasteiger partial charge in [-0.3, -0.25) is 9.71 Å². The van der Waals surface area contributed by atoms with Crippen molar-refractivity contribution in [1.82, 2.24) is 9.88 Å². The number of nitrogens with one attached hydrogen (secondary N) is 1. The van der Waals surface area contributed by atoms with E-state index in [0.717, 1.165) is 50.2 Å². The van der Waals surface area contributed by atoms with Crippen LogP contribution in [0.25, 0.3) is 10.9 Å². The normalized spacial score (nSPS) is 14.4. The maximum atomic E-state index is 14.1. The van der Waals surface area contributed by atoms with E-state index in [1.807, 2.05) is 0 Å². The van der Waals surface area contributed by atoms with E-state index in [9.17, 15) is 17.2 Å². The van der Waals surface area contributed by atoms with Crippen LogP contribution in [0, 0.1) is 17.6 Å². The number of benzene rings is 3. The Bertz CT molecular complexity index is 1710. The maximum absolute atomic E-state index is 14.1. The summed E-state index contributed by atoms with van der Waals surface area (Å²) in [6.07, 6.45) is 4.97. The Morgan fingerprint density at radius 1 is 0.909 bits per heavy atom. The van der Waals surface area contributed by atoms with Gasteiger partial charge in [0.2, 0.25) is 0 Å². The first-order chi connectivity index (χ1) is 21.2. The van der Waals surface area contributed by atoms with E-state index in [2.05, 4.69) is 21.5 Å². The van der Waals surface area contributed by atoms with Crippen molar-refractivity contribution in [2.45, 2.75) is 31.1 Å². The van der Waals surface area contributed by atoms with Gasteiger partial charge >= 0.3 is 0 Å². The number of sulfonamides is 1. The number of nitrogens with zero attached hydrogens (tertiary/aromatic N) is 2. The van der Waals surface area contributed by atoms with Crippen molar-refractivity contribution in [2.75, 3.05) is 45.2 Å². The number of hydrogen-bond donors (Lipinski definition) is 1. The fourth-order valence-corrected chi connectivity index (χ4v) is 6.31. The lowest BCUT2D eigenvalue weighted by Gasteiger charge is -2.30. The van der Waals surface area contributed by atoms with Gasteiger partial charge in [0.25, 0.3) is 10.0 Å². The van der Waals surface area contributed by atoms with Crippen LogP contribution in [0.4, 0.5) is 14.5 Å². The molecule has 44 heavy (non-hydrogen) atoms. The number of likely N-dealkylation sites (tertiary alicyclic amines) is 1. The summed E-state index contributed by atoms with van der Waals surface area (Å²) in [6.45, 7) is 6.09. The van der Waals surface area contributed by atoms with Crippen LogP contribution < -0.4 is 23.7 Å². The molecule has 5 rings (SSSR count). The van der Waals surface area contributed by atoms with Crippen LogP contribution in [0.2, 0.25) is 0 Å². The SMILES string of the molecule is COc1cc2c(Oc3ccc(NS(=O)(=O)c4c(F)cccc4F)cc3OC)ccnc2cc1OCCCN1CCC(C)CC1. The minimum atomic E-state index is -4.56. The van der Waals surface area contributed by atoms with Gasteiger partial charge in [0.05, 0.1) is 32.0 Å². The molecule has 0 bridgehead atoms. The second-order valence-corrected chi connectivity index (χ2v) is 12.3. The molecule has 12 heteroatoms. The molecule has 234 valence electrons. The number of aromatic nitrogens is 1. The van der Waals surface area contributed by atoms with E-state index in [1.165, 1.54) is 38.2 Å². The van der Waals surface area contributed by atoms with Crippen LogP contribution in [-0.4, -0.2) is 58.8 Å². The lowest BCUT2D eigenvalue weighted by molar-refractivity contribution is 0.176. The van der Waals surface area contributed by atoms with E-state index >= 15 is 0 Å². The number of fused-ring (bicyclic) bond motifs is 1. The molecule has 4 aromatic rings. The summed E-state index contributed by atoms with van der Waals surface area (Å²) in [4.78, 5) is 5.88. The minimum Gasteiger partial charge on any atom is -0.493 e. The molecule has 1 aliphatic rings. The van der Waals surface area contributed by atoms with Gasteiger partial charge in [0.1, 0.15) is 17.4 Å². The highest BCUT2D eigenvalue weighted by Crippen LogP contribution is 2.40. The average molecular weight is 628 g/mol. The molecule has 0 spiro atoms. The summed E-state index contributed by atoms with van der Waals surface area (Å²) in [6, 6.07) is 12.3. The van der Waals surface area contributed by atoms with Gasteiger partial charge in [-0.15, -0.1) is 0 Å². The molecule has 1 fully saturated rings. The highest BCUT2D eigenvalue weighted by atomic mass is 32.2. The quantitative estimate of drug-likeness (QED) is 0.175. The first kappa shape index (κ1) is 31.3. The second kappa shape index (κ2) is 13.6. The zero-order valence-electron chi connectivity index (χ0n) is 24.8. The smallest absolute Gasteiger partial charge is 0.267 e. The third-order valence-corrected chi connectivity index (χ3v) is 8.99. The zero-order chi connectivity index (χ0) is 31.3. The summed E-state index contributed by atoms with van der Waals surface area (Å²) in [5.41, 5.74) is 0.647. The number of hydrogen-bond acceptors (Lipinski definition) is 8. The number of piperidine rings is 1. The molecule has 1 saturated heterocycles. The van der Waals surface area contributed by atoms with Crippen LogP contribution >= 0.6 is 0 Å². The van der Waals surface area contributed by atoms with Crippen LogP contribution in [0.15, 0.2) is 65.7 Å². The standard InChI is InChI=1S/C32H35F2N3O6S/c1-21-11-15-37(16-12-21)14-5-17-42-31-20-26-23(19-30(31)41-3)27(10-13-35-26)43-28-9-8-22(18-29(28)40-2)36-44(38,39)32-24(33)6-4-7-25(32)34/h4,6-10,13,18-21,36H,5,11-12,14-17H2,1-3H3. The third-order valence-electron chi connectivity index (χ3n) is 7.56. The number of methoxy groups -OCH3 is 2. The van der Waals surface area contributed by atoms with Gasteiger partial charge in [-0.05, 0) is 74.7 Å². The third kappa shape index (κ3) is 7.13. The number of anilines is 1. The van der Waals surface area contributed by atoms with Gasteiger partial charge in [-0.1, -0.05) is 13.0 Å². The van der Waals surface area contributed by atoms with E-state index in [1.54, 1.807) is 31.5 Å². The molecule has 0 unspecified atom stereocenters. The topological polar surface area (TPSA) is 99.2 Å². The molecule has 1 aromatic heterocycles. The predicted molar refractivity (Wildman–Crippen MR) is 163 cm³/mol. The van der Waals surface area contributed by atoms with Crippen molar-refractivity contribution in [3.8, 4) is 28.7 Å². The molecule has 3 aromatic carbocycles. The molecular weight excluding hydrogens is 592 g/mol. The number of rotatable bonds is 12. The van der Waals surface area contributed by atoms with Crippen molar-refractivity contribution in [3.63, 3.8) is 0 Å². The van der Waals surface area contributed by atoms with Crippen LogP contribution in [0.3, 0.4) is 0 Å². The monoisotopic (exact) mass is 627 g/mol. The molecule has 1 aliphatic heterocycles. The molecular formula is C32H35F2N3O6S. The van der Waals surface area contributed by atoms with Crippen LogP contribution in [0.5, 0.6) is 28.7 Å². The molecule has 1 N–H and O–H groups in total. The first-order valence-electron chi connectivity index (χ1n) is 14.3. The second-order valence-electron chi connectivity index (χ2n) is 10.7. The number of ether oxygens (including phenoxy) is 4. The highest BCUT2D eigenvalue weighted by molar-refractivity contribution is 7.92. The Balaban J connectivity index is 1.31. The van der Waals surface area contributed by atoms with Crippen molar-refractivity contribution >= 4 is 26.6 Å². The molecule has 0 radical (unpaired) electrons. The van der Waals surface area contributed by atoms with Crippen LogP contribution in [-0.2, 0) is 10.0 Å².